The van der Waals surface area contributed by atoms with E-state index in [0.717, 1.165) is 11.8 Å². The fourth-order valence-electron chi connectivity index (χ4n) is 0.968. The van der Waals surface area contributed by atoms with Gasteiger partial charge in [0.2, 0.25) is 0 Å². The van der Waals surface area contributed by atoms with Crippen molar-refractivity contribution in [1.29, 1.82) is 0 Å². The summed E-state index contributed by atoms with van der Waals surface area (Å²) in [5.74, 6) is -1.55. The number of primary amides is 1. The molecular formula is C9H11N3O3S. The van der Waals surface area contributed by atoms with Crippen molar-refractivity contribution in [2.24, 2.45) is 5.73 Å². The zero-order valence-corrected chi connectivity index (χ0v) is 9.40. The van der Waals surface area contributed by atoms with Crippen LogP contribution < -0.4 is 5.73 Å². The van der Waals surface area contributed by atoms with Crippen molar-refractivity contribution in [2.75, 3.05) is 0 Å². The second-order valence-corrected chi connectivity index (χ2v) is 4.20. The van der Waals surface area contributed by atoms with Crippen molar-refractivity contribution in [3.05, 3.63) is 17.8 Å². The van der Waals surface area contributed by atoms with Gasteiger partial charge in [-0.15, -0.1) is 10.2 Å². The van der Waals surface area contributed by atoms with Crippen LogP contribution in [-0.2, 0) is 4.79 Å². The quantitative estimate of drug-likeness (QED) is 0.728. The lowest BCUT2D eigenvalue weighted by atomic mass is 10.3. The minimum atomic E-state index is -0.895. The second-order valence-electron chi connectivity index (χ2n) is 2.97. The summed E-state index contributed by atoms with van der Waals surface area (Å²) in [5, 5.41) is 16.0. The maximum atomic E-state index is 10.8. The van der Waals surface area contributed by atoms with Gasteiger partial charge in [-0.25, -0.2) is 0 Å². The summed E-state index contributed by atoms with van der Waals surface area (Å²) in [6, 6.07) is 2.95. The van der Waals surface area contributed by atoms with E-state index in [1.807, 2.05) is 0 Å². The molecule has 86 valence electrons. The Hall–Kier alpha value is -1.63. The van der Waals surface area contributed by atoms with Gasteiger partial charge in [0.25, 0.3) is 5.91 Å². The molecule has 0 aliphatic carbocycles. The number of aromatic nitrogens is 2. The Morgan fingerprint density at radius 3 is 2.56 bits per heavy atom. The third kappa shape index (κ3) is 3.20. The number of thioether (sulfide) groups is 1. The van der Waals surface area contributed by atoms with Crippen molar-refractivity contribution >= 4 is 23.6 Å². The lowest BCUT2D eigenvalue weighted by molar-refractivity contribution is -0.136. The van der Waals surface area contributed by atoms with E-state index in [4.69, 9.17) is 10.8 Å². The normalized spacial score (nSPS) is 12.1. The molecule has 7 heteroatoms. The minimum absolute atomic E-state index is 0.0627. The van der Waals surface area contributed by atoms with E-state index in [9.17, 15) is 9.59 Å². The Kier molecular flexibility index (Phi) is 4.24. The number of carbonyl (C=O) groups is 2. The molecule has 0 aliphatic heterocycles. The maximum Gasteiger partial charge on any atom is 0.317 e. The first-order valence-electron chi connectivity index (χ1n) is 4.57. The van der Waals surface area contributed by atoms with E-state index < -0.39 is 17.1 Å². The summed E-state index contributed by atoms with van der Waals surface area (Å²) in [7, 11) is 0. The van der Waals surface area contributed by atoms with Crippen molar-refractivity contribution in [3.8, 4) is 0 Å². The molecule has 1 atom stereocenters. The molecule has 1 aromatic heterocycles. The van der Waals surface area contributed by atoms with Crippen LogP contribution in [0.5, 0.6) is 0 Å². The van der Waals surface area contributed by atoms with Crippen LogP contribution in [-0.4, -0.2) is 32.4 Å². The summed E-state index contributed by atoms with van der Waals surface area (Å²) in [5.41, 5.74) is 5.06. The molecule has 16 heavy (non-hydrogen) atoms. The molecule has 6 nitrogen and oxygen atoms in total. The number of carbonyl (C=O) groups excluding carboxylic acids is 1. The van der Waals surface area contributed by atoms with E-state index in [1.165, 1.54) is 12.1 Å². The average molecular weight is 241 g/mol. The molecule has 0 saturated carbocycles. The zero-order valence-electron chi connectivity index (χ0n) is 8.58. The smallest absolute Gasteiger partial charge is 0.317 e. The molecule has 1 aromatic rings. The van der Waals surface area contributed by atoms with Gasteiger partial charge in [0.1, 0.15) is 10.3 Å². The number of carboxylic acid groups (broad SMARTS) is 1. The highest BCUT2D eigenvalue weighted by molar-refractivity contribution is 8.00. The third-order valence-corrected chi connectivity index (χ3v) is 3.08. The van der Waals surface area contributed by atoms with Crippen LogP contribution in [0.2, 0.25) is 0 Å². The van der Waals surface area contributed by atoms with Crippen LogP contribution >= 0.6 is 11.8 Å². The van der Waals surface area contributed by atoms with E-state index in [2.05, 4.69) is 10.2 Å². The second kappa shape index (κ2) is 5.45. The highest BCUT2D eigenvalue weighted by Crippen LogP contribution is 2.22. The zero-order chi connectivity index (χ0) is 12.1. The van der Waals surface area contributed by atoms with E-state index >= 15 is 0 Å². The number of aliphatic carboxylic acids is 1. The fraction of sp³-hybridized carbons (Fsp3) is 0.333. The van der Waals surface area contributed by atoms with Crippen molar-refractivity contribution in [1.82, 2.24) is 10.2 Å². The first-order chi connectivity index (χ1) is 7.54. The molecule has 0 spiro atoms. The van der Waals surface area contributed by atoms with Crippen LogP contribution in [0.15, 0.2) is 17.2 Å². The van der Waals surface area contributed by atoms with Crippen LogP contribution in [0.1, 0.15) is 23.8 Å². The van der Waals surface area contributed by atoms with Gasteiger partial charge in [0.05, 0.1) is 0 Å². The van der Waals surface area contributed by atoms with Gasteiger partial charge in [0, 0.05) is 0 Å². The van der Waals surface area contributed by atoms with E-state index in [1.54, 1.807) is 6.92 Å². The van der Waals surface area contributed by atoms with E-state index in [-0.39, 0.29) is 5.69 Å². The minimum Gasteiger partial charge on any atom is -0.480 e. The number of hydrogen-bond acceptors (Lipinski definition) is 5. The van der Waals surface area contributed by atoms with Gasteiger partial charge in [-0.3, -0.25) is 9.59 Å². The number of hydrogen-bond donors (Lipinski definition) is 2. The molecule has 1 amide bonds. The van der Waals surface area contributed by atoms with Gasteiger partial charge in [-0.1, -0.05) is 18.7 Å². The van der Waals surface area contributed by atoms with Crippen molar-refractivity contribution in [3.63, 3.8) is 0 Å². The van der Waals surface area contributed by atoms with Gasteiger partial charge in [-0.2, -0.15) is 0 Å². The lowest BCUT2D eigenvalue weighted by Gasteiger charge is -2.07. The Morgan fingerprint density at radius 1 is 1.50 bits per heavy atom. The maximum absolute atomic E-state index is 10.8. The molecule has 3 N–H and O–H groups in total. The first-order valence-corrected chi connectivity index (χ1v) is 5.45. The standard InChI is InChI=1S/C9H11N3O3S/c1-2-6(9(14)15)16-7-4-3-5(8(10)13)11-12-7/h3-4,6H,2H2,1H3,(H2,10,13)(H,14,15). The monoisotopic (exact) mass is 241 g/mol. The molecule has 1 unspecified atom stereocenters. The first kappa shape index (κ1) is 12.4. The van der Waals surface area contributed by atoms with Gasteiger partial charge in [-0.05, 0) is 18.6 Å². The van der Waals surface area contributed by atoms with Crippen LogP contribution in [0.25, 0.3) is 0 Å². The van der Waals surface area contributed by atoms with Crippen molar-refractivity contribution in [2.45, 2.75) is 23.6 Å². The molecule has 0 aliphatic rings. The molecule has 0 bridgehead atoms. The Balaban J connectivity index is 2.75. The SMILES string of the molecule is CCC(Sc1ccc(C(N)=O)nn1)C(=O)O. The third-order valence-electron chi connectivity index (χ3n) is 1.80. The Morgan fingerprint density at radius 2 is 2.19 bits per heavy atom. The van der Waals surface area contributed by atoms with E-state index in [0.29, 0.717) is 11.4 Å². The predicted molar refractivity (Wildman–Crippen MR) is 58.1 cm³/mol. The largest absolute Gasteiger partial charge is 0.480 e. The number of amides is 1. The van der Waals surface area contributed by atoms with Crippen LogP contribution in [0, 0.1) is 0 Å². The Bertz CT molecular complexity index is 393. The summed E-state index contributed by atoms with van der Waals surface area (Å²) >= 11 is 1.09. The lowest BCUT2D eigenvalue weighted by Crippen LogP contribution is -2.16. The summed E-state index contributed by atoms with van der Waals surface area (Å²) < 4.78 is 0. The van der Waals surface area contributed by atoms with Crippen LogP contribution in [0.4, 0.5) is 0 Å². The van der Waals surface area contributed by atoms with Crippen LogP contribution in [0.3, 0.4) is 0 Å². The number of nitrogens with zero attached hydrogens (tertiary/aromatic N) is 2. The molecular weight excluding hydrogens is 230 g/mol. The van der Waals surface area contributed by atoms with Crippen molar-refractivity contribution < 1.29 is 14.7 Å². The highest BCUT2D eigenvalue weighted by atomic mass is 32.2. The van der Waals surface area contributed by atoms with Gasteiger partial charge >= 0.3 is 5.97 Å². The molecule has 0 aromatic carbocycles. The Labute approximate surface area is 96.2 Å². The molecule has 0 radical (unpaired) electrons. The summed E-state index contributed by atoms with van der Waals surface area (Å²) in [6.07, 6.45) is 0.485. The average Bonchev–Trinajstić information content (AvgIpc) is 2.26. The fourth-order valence-corrected chi connectivity index (χ4v) is 1.76. The van der Waals surface area contributed by atoms with Gasteiger partial charge in [0.15, 0.2) is 5.69 Å². The molecule has 0 fully saturated rings. The number of carboxylic acids is 1. The highest BCUT2D eigenvalue weighted by Gasteiger charge is 2.17. The molecule has 0 saturated heterocycles. The number of rotatable bonds is 5. The molecule has 1 heterocycles. The summed E-state index contributed by atoms with van der Waals surface area (Å²) in [4.78, 5) is 21.5. The number of nitrogens with two attached hydrogens (primary N) is 1. The molecule has 1 rings (SSSR count). The predicted octanol–water partition coefficient (Wildman–Crippen LogP) is 0.531. The van der Waals surface area contributed by atoms with Gasteiger partial charge < -0.3 is 10.8 Å². The topological polar surface area (TPSA) is 106 Å². The summed E-state index contributed by atoms with van der Waals surface area (Å²) in [6.45, 7) is 1.77.